The van der Waals surface area contributed by atoms with Crippen molar-refractivity contribution in [1.82, 2.24) is 10.2 Å². The molecule has 0 aliphatic rings. The van der Waals surface area contributed by atoms with Crippen molar-refractivity contribution in [2.75, 3.05) is 12.8 Å². The molecule has 0 fully saturated rings. The smallest absolute Gasteiger partial charge is 0.242 e. The zero-order valence-corrected chi connectivity index (χ0v) is 16.8. The van der Waals surface area contributed by atoms with Crippen molar-refractivity contribution in [1.29, 1.82) is 0 Å². The monoisotopic (exact) mass is 406 g/mol. The maximum Gasteiger partial charge on any atom is 0.242 e. The lowest BCUT2D eigenvalue weighted by Crippen LogP contribution is -2.48. The van der Waals surface area contributed by atoms with Crippen molar-refractivity contribution < 1.29 is 18.4 Å². The van der Waals surface area contributed by atoms with Gasteiger partial charge in [-0.15, -0.1) is 11.8 Å². The van der Waals surface area contributed by atoms with Crippen LogP contribution in [0.1, 0.15) is 24.5 Å². The zero-order chi connectivity index (χ0) is 20.5. The summed E-state index contributed by atoms with van der Waals surface area (Å²) in [5, 5.41) is 2.60. The highest BCUT2D eigenvalue weighted by molar-refractivity contribution is 7.99. The van der Waals surface area contributed by atoms with E-state index in [2.05, 4.69) is 5.32 Å². The summed E-state index contributed by atoms with van der Waals surface area (Å²) in [5.74, 6) is -0.311. The Kier molecular flexibility index (Phi) is 8.44. The lowest BCUT2D eigenvalue weighted by atomic mass is 10.1. The van der Waals surface area contributed by atoms with Gasteiger partial charge in [-0.3, -0.25) is 9.59 Å². The second kappa shape index (κ2) is 10.8. The summed E-state index contributed by atoms with van der Waals surface area (Å²) >= 11 is 1.40. The van der Waals surface area contributed by atoms with E-state index in [4.69, 9.17) is 0 Å². The van der Waals surface area contributed by atoms with Crippen LogP contribution in [0.5, 0.6) is 0 Å². The molecular weight excluding hydrogens is 382 g/mol. The van der Waals surface area contributed by atoms with E-state index in [0.717, 1.165) is 11.1 Å². The van der Waals surface area contributed by atoms with E-state index in [1.807, 2.05) is 6.92 Å². The maximum atomic E-state index is 13.2. The summed E-state index contributed by atoms with van der Waals surface area (Å²) in [6.07, 6.45) is 0.467. The Morgan fingerprint density at radius 1 is 1.00 bits per heavy atom. The van der Waals surface area contributed by atoms with Gasteiger partial charge in [-0.2, -0.15) is 0 Å². The third-order valence-electron chi connectivity index (χ3n) is 4.31. The normalized spacial score (nSPS) is 11.7. The first-order valence-electron chi connectivity index (χ1n) is 9.02. The van der Waals surface area contributed by atoms with Gasteiger partial charge in [0.1, 0.15) is 17.7 Å². The number of amides is 2. The van der Waals surface area contributed by atoms with Crippen molar-refractivity contribution in [2.45, 2.75) is 31.7 Å². The number of benzene rings is 2. The van der Waals surface area contributed by atoms with Gasteiger partial charge in [0.05, 0.1) is 5.75 Å². The average Bonchev–Trinajstić information content (AvgIpc) is 2.70. The molecule has 0 saturated carbocycles. The molecule has 7 heteroatoms. The summed E-state index contributed by atoms with van der Waals surface area (Å²) in [7, 11) is 1.54. The van der Waals surface area contributed by atoms with Crippen molar-refractivity contribution in [3.8, 4) is 0 Å². The fourth-order valence-corrected chi connectivity index (χ4v) is 3.66. The summed E-state index contributed by atoms with van der Waals surface area (Å²) in [5.41, 5.74) is 1.67. The summed E-state index contributed by atoms with van der Waals surface area (Å²) in [4.78, 5) is 26.7. The van der Waals surface area contributed by atoms with E-state index in [1.54, 1.807) is 24.3 Å². The lowest BCUT2D eigenvalue weighted by molar-refractivity contribution is -0.139. The minimum Gasteiger partial charge on any atom is -0.357 e. The highest BCUT2D eigenvalue weighted by Gasteiger charge is 2.27. The predicted octanol–water partition coefficient (Wildman–Crippen LogP) is 3.75. The topological polar surface area (TPSA) is 49.4 Å². The van der Waals surface area contributed by atoms with Crippen LogP contribution in [0.4, 0.5) is 8.78 Å². The molecule has 0 heterocycles. The third kappa shape index (κ3) is 6.34. The van der Waals surface area contributed by atoms with Crippen LogP contribution < -0.4 is 5.32 Å². The molecule has 2 rings (SSSR count). The third-order valence-corrected chi connectivity index (χ3v) is 5.29. The molecule has 0 spiro atoms. The second-order valence-electron chi connectivity index (χ2n) is 6.31. The number of carbonyl (C=O) groups excluding carboxylic acids is 2. The Bertz CT molecular complexity index is 782. The quantitative estimate of drug-likeness (QED) is 0.690. The standard InChI is InChI=1S/C21H24F2N2O2S/c1-3-19(21(27)24-2)25(12-15-4-8-17(22)9-5-15)20(26)14-28-13-16-6-10-18(23)11-7-16/h4-11,19H,3,12-14H2,1-2H3,(H,24,27). The number of carbonyl (C=O) groups is 2. The number of hydrogen-bond donors (Lipinski definition) is 1. The SMILES string of the molecule is CCC(C(=O)NC)N(Cc1ccc(F)cc1)C(=O)CSCc1ccc(F)cc1. The molecule has 0 aromatic heterocycles. The van der Waals surface area contributed by atoms with Gasteiger partial charge in [-0.05, 0) is 41.8 Å². The van der Waals surface area contributed by atoms with E-state index < -0.39 is 6.04 Å². The predicted molar refractivity (Wildman–Crippen MR) is 108 cm³/mol. The Labute approximate surface area is 168 Å². The summed E-state index contributed by atoms with van der Waals surface area (Å²) < 4.78 is 26.2. The molecule has 0 saturated heterocycles. The molecule has 0 aliphatic heterocycles. The van der Waals surface area contributed by atoms with Gasteiger partial charge in [-0.1, -0.05) is 31.2 Å². The first-order chi connectivity index (χ1) is 13.4. The van der Waals surface area contributed by atoms with Crippen molar-refractivity contribution in [3.63, 3.8) is 0 Å². The number of thioether (sulfide) groups is 1. The van der Waals surface area contributed by atoms with Crippen LogP contribution in [0.3, 0.4) is 0 Å². The Morgan fingerprint density at radius 3 is 2.04 bits per heavy atom. The molecule has 1 unspecified atom stereocenters. The molecule has 0 radical (unpaired) electrons. The van der Waals surface area contributed by atoms with Gasteiger partial charge >= 0.3 is 0 Å². The van der Waals surface area contributed by atoms with Gasteiger partial charge in [0, 0.05) is 19.3 Å². The van der Waals surface area contributed by atoms with Crippen LogP contribution in [0.15, 0.2) is 48.5 Å². The molecule has 1 atom stereocenters. The van der Waals surface area contributed by atoms with Gasteiger partial charge in [-0.25, -0.2) is 8.78 Å². The molecular formula is C21H24F2N2O2S. The first kappa shape index (κ1) is 21.9. The number of hydrogen-bond acceptors (Lipinski definition) is 3. The number of halogens is 2. The highest BCUT2D eigenvalue weighted by Crippen LogP contribution is 2.17. The molecule has 2 aromatic carbocycles. The minimum absolute atomic E-state index is 0.174. The van der Waals surface area contributed by atoms with Crippen molar-refractivity contribution in [2.24, 2.45) is 0 Å². The van der Waals surface area contributed by atoms with Crippen LogP contribution in [0.25, 0.3) is 0 Å². The largest absolute Gasteiger partial charge is 0.357 e. The van der Waals surface area contributed by atoms with E-state index in [-0.39, 0.29) is 35.7 Å². The highest BCUT2D eigenvalue weighted by atomic mass is 32.2. The van der Waals surface area contributed by atoms with E-state index in [0.29, 0.717) is 12.2 Å². The molecule has 2 aromatic rings. The van der Waals surface area contributed by atoms with Gasteiger partial charge in [0.15, 0.2) is 0 Å². The molecule has 1 N–H and O–H groups in total. The minimum atomic E-state index is -0.603. The number of rotatable bonds is 9. The molecule has 0 aliphatic carbocycles. The second-order valence-corrected chi connectivity index (χ2v) is 7.29. The molecule has 4 nitrogen and oxygen atoms in total. The van der Waals surface area contributed by atoms with Gasteiger partial charge in [0.25, 0.3) is 0 Å². The molecule has 0 bridgehead atoms. The van der Waals surface area contributed by atoms with Crippen LogP contribution in [-0.2, 0) is 21.9 Å². The molecule has 28 heavy (non-hydrogen) atoms. The first-order valence-corrected chi connectivity index (χ1v) is 10.2. The Balaban J connectivity index is 2.07. The Hall–Kier alpha value is -2.41. The zero-order valence-electron chi connectivity index (χ0n) is 16.0. The fraction of sp³-hybridized carbons (Fsp3) is 0.333. The van der Waals surface area contributed by atoms with Crippen LogP contribution in [0, 0.1) is 11.6 Å². The molecule has 150 valence electrons. The number of nitrogens with zero attached hydrogens (tertiary/aromatic N) is 1. The maximum absolute atomic E-state index is 13.2. The van der Waals surface area contributed by atoms with Crippen molar-refractivity contribution in [3.05, 3.63) is 71.3 Å². The van der Waals surface area contributed by atoms with E-state index in [9.17, 15) is 18.4 Å². The van der Waals surface area contributed by atoms with Gasteiger partial charge < -0.3 is 10.2 Å². The van der Waals surface area contributed by atoms with Crippen molar-refractivity contribution >= 4 is 23.6 Å². The number of nitrogens with one attached hydrogen (secondary N) is 1. The van der Waals surface area contributed by atoms with Crippen LogP contribution in [-0.4, -0.2) is 35.6 Å². The molecule has 2 amide bonds. The average molecular weight is 406 g/mol. The van der Waals surface area contributed by atoms with Gasteiger partial charge in [0.2, 0.25) is 11.8 Å². The van der Waals surface area contributed by atoms with E-state index in [1.165, 1.54) is 48.0 Å². The Morgan fingerprint density at radius 2 is 1.54 bits per heavy atom. The summed E-state index contributed by atoms with van der Waals surface area (Å²) in [6.45, 7) is 2.07. The number of likely N-dealkylation sites (N-methyl/N-ethyl adjacent to an activating group) is 1. The fourth-order valence-electron chi connectivity index (χ4n) is 2.79. The van der Waals surface area contributed by atoms with Crippen LogP contribution in [0.2, 0.25) is 0 Å². The summed E-state index contributed by atoms with van der Waals surface area (Å²) in [6, 6.07) is 11.4. The lowest BCUT2D eigenvalue weighted by Gasteiger charge is -2.30. The van der Waals surface area contributed by atoms with Crippen LogP contribution >= 0.6 is 11.8 Å². The van der Waals surface area contributed by atoms with E-state index >= 15 is 0 Å².